The van der Waals surface area contributed by atoms with Gasteiger partial charge in [0.15, 0.2) is 0 Å². The average molecular weight is 242 g/mol. The minimum absolute atomic E-state index is 0.676. The second kappa shape index (κ2) is 3.62. The van der Waals surface area contributed by atoms with Gasteiger partial charge in [-0.3, -0.25) is 0 Å². The van der Waals surface area contributed by atoms with Gasteiger partial charge in [-0.05, 0) is 18.4 Å². The molecule has 0 N–H and O–H groups in total. The summed E-state index contributed by atoms with van der Waals surface area (Å²) in [7, 11) is 2.06. The molecule has 3 nitrogen and oxygen atoms in total. The zero-order valence-electron chi connectivity index (χ0n) is 7.57. The minimum atomic E-state index is 0.676. The average Bonchev–Trinajstić information content (AvgIpc) is 3.00. The number of aromatic nitrogens is 2. The Balaban J connectivity index is 2.11. The molecule has 1 aliphatic rings. The third kappa shape index (κ3) is 1.99. The van der Waals surface area contributed by atoms with Crippen molar-refractivity contribution in [2.24, 2.45) is 0 Å². The first-order valence-electron chi connectivity index (χ1n) is 4.41. The number of rotatable bonds is 3. The molecule has 1 saturated carbocycles. The van der Waals surface area contributed by atoms with E-state index in [4.69, 9.17) is 0 Å². The van der Waals surface area contributed by atoms with Crippen molar-refractivity contribution in [3.8, 4) is 0 Å². The SMILES string of the molecule is CN(c1ncc(CBr)cn1)C1CC1. The second-order valence-corrected chi connectivity index (χ2v) is 3.93. The molecule has 1 heterocycles. The first kappa shape index (κ1) is 8.94. The first-order chi connectivity index (χ1) is 6.31. The summed E-state index contributed by atoms with van der Waals surface area (Å²) in [5.74, 6) is 0.840. The van der Waals surface area contributed by atoms with Crippen LogP contribution in [-0.4, -0.2) is 23.1 Å². The van der Waals surface area contributed by atoms with E-state index < -0.39 is 0 Å². The van der Waals surface area contributed by atoms with Gasteiger partial charge in [0.05, 0.1) is 0 Å². The molecule has 1 aromatic heterocycles. The molecule has 70 valence electrons. The van der Waals surface area contributed by atoms with Crippen molar-refractivity contribution in [3.63, 3.8) is 0 Å². The Morgan fingerprint density at radius 2 is 2.08 bits per heavy atom. The summed E-state index contributed by atoms with van der Waals surface area (Å²) >= 11 is 3.37. The molecule has 0 amide bonds. The highest BCUT2D eigenvalue weighted by Gasteiger charge is 2.27. The molecule has 0 aliphatic heterocycles. The van der Waals surface area contributed by atoms with Crippen LogP contribution < -0.4 is 4.90 Å². The van der Waals surface area contributed by atoms with Crippen molar-refractivity contribution in [2.75, 3.05) is 11.9 Å². The van der Waals surface area contributed by atoms with E-state index in [1.54, 1.807) is 0 Å². The number of nitrogens with zero attached hydrogens (tertiary/aromatic N) is 3. The summed E-state index contributed by atoms with van der Waals surface area (Å²) < 4.78 is 0. The van der Waals surface area contributed by atoms with Crippen molar-refractivity contribution < 1.29 is 0 Å². The number of halogens is 1. The number of anilines is 1. The van der Waals surface area contributed by atoms with Gasteiger partial charge in [0, 0.05) is 30.8 Å². The third-order valence-corrected chi connectivity index (χ3v) is 2.90. The highest BCUT2D eigenvalue weighted by molar-refractivity contribution is 9.08. The molecule has 0 saturated heterocycles. The summed E-state index contributed by atoms with van der Waals surface area (Å²) in [5, 5.41) is 0.820. The van der Waals surface area contributed by atoms with Crippen molar-refractivity contribution >= 4 is 21.9 Å². The highest BCUT2D eigenvalue weighted by atomic mass is 79.9. The molecule has 0 aromatic carbocycles. The predicted molar refractivity (Wildman–Crippen MR) is 56.1 cm³/mol. The van der Waals surface area contributed by atoms with E-state index >= 15 is 0 Å². The van der Waals surface area contributed by atoms with Crippen LogP contribution in [0.3, 0.4) is 0 Å². The number of hydrogen-bond donors (Lipinski definition) is 0. The summed E-state index contributed by atoms with van der Waals surface area (Å²) in [4.78, 5) is 10.7. The largest absolute Gasteiger partial charge is 0.341 e. The van der Waals surface area contributed by atoms with Gasteiger partial charge < -0.3 is 4.90 Å². The molecule has 1 aromatic rings. The summed E-state index contributed by atoms with van der Waals surface area (Å²) in [5.41, 5.74) is 1.12. The lowest BCUT2D eigenvalue weighted by Crippen LogP contribution is -2.21. The standard InChI is InChI=1S/C9H12BrN3/c1-13(8-2-3-8)9-11-5-7(4-10)6-12-9/h5-6,8H,2-4H2,1H3. The molecule has 2 rings (SSSR count). The van der Waals surface area contributed by atoms with Crippen molar-refractivity contribution in [2.45, 2.75) is 24.2 Å². The molecule has 1 fully saturated rings. The second-order valence-electron chi connectivity index (χ2n) is 3.37. The topological polar surface area (TPSA) is 29.0 Å². The van der Waals surface area contributed by atoms with Crippen LogP contribution in [0.5, 0.6) is 0 Å². The molecule has 13 heavy (non-hydrogen) atoms. The van der Waals surface area contributed by atoms with E-state index in [1.807, 2.05) is 12.4 Å². The van der Waals surface area contributed by atoms with E-state index in [9.17, 15) is 0 Å². The Hall–Kier alpha value is -0.640. The quantitative estimate of drug-likeness (QED) is 0.759. The molecule has 0 spiro atoms. The zero-order chi connectivity index (χ0) is 9.26. The van der Waals surface area contributed by atoms with Crippen LogP contribution in [0.4, 0.5) is 5.95 Å². The van der Waals surface area contributed by atoms with Crippen LogP contribution in [0.15, 0.2) is 12.4 Å². The van der Waals surface area contributed by atoms with Crippen molar-refractivity contribution in [1.29, 1.82) is 0 Å². The smallest absolute Gasteiger partial charge is 0.225 e. The molecular weight excluding hydrogens is 230 g/mol. The van der Waals surface area contributed by atoms with Gasteiger partial charge in [-0.1, -0.05) is 15.9 Å². The van der Waals surface area contributed by atoms with Crippen LogP contribution in [-0.2, 0) is 5.33 Å². The summed E-state index contributed by atoms with van der Waals surface area (Å²) in [6, 6.07) is 0.676. The Morgan fingerprint density at radius 3 is 2.54 bits per heavy atom. The third-order valence-electron chi connectivity index (χ3n) is 2.26. The summed E-state index contributed by atoms with van der Waals surface area (Å²) in [6.45, 7) is 0. The number of alkyl halides is 1. The fourth-order valence-electron chi connectivity index (χ4n) is 1.22. The Kier molecular flexibility index (Phi) is 2.49. The minimum Gasteiger partial charge on any atom is -0.341 e. The molecule has 0 unspecified atom stereocenters. The normalized spacial score (nSPS) is 15.8. The fourth-order valence-corrected chi connectivity index (χ4v) is 1.51. The molecule has 0 atom stereocenters. The Labute approximate surface area is 86.3 Å². The van der Waals surface area contributed by atoms with E-state index in [-0.39, 0.29) is 0 Å². The molecule has 4 heteroatoms. The zero-order valence-corrected chi connectivity index (χ0v) is 9.16. The summed E-state index contributed by atoms with van der Waals surface area (Å²) in [6.07, 6.45) is 6.30. The molecule has 1 aliphatic carbocycles. The maximum atomic E-state index is 4.30. The van der Waals surface area contributed by atoms with Gasteiger partial charge >= 0.3 is 0 Å². The van der Waals surface area contributed by atoms with Gasteiger partial charge in [0.25, 0.3) is 0 Å². The molecular formula is C9H12BrN3. The lowest BCUT2D eigenvalue weighted by molar-refractivity contribution is 0.858. The van der Waals surface area contributed by atoms with Gasteiger partial charge in [-0.25, -0.2) is 9.97 Å². The van der Waals surface area contributed by atoms with Crippen molar-refractivity contribution in [1.82, 2.24) is 9.97 Å². The Morgan fingerprint density at radius 1 is 1.46 bits per heavy atom. The fraction of sp³-hybridized carbons (Fsp3) is 0.556. The van der Waals surface area contributed by atoms with Crippen LogP contribution in [0, 0.1) is 0 Å². The maximum absolute atomic E-state index is 4.30. The van der Waals surface area contributed by atoms with Crippen molar-refractivity contribution in [3.05, 3.63) is 18.0 Å². The number of hydrogen-bond acceptors (Lipinski definition) is 3. The van der Waals surface area contributed by atoms with Gasteiger partial charge in [-0.2, -0.15) is 0 Å². The van der Waals surface area contributed by atoms with Gasteiger partial charge in [0.2, 0.25) is 5.95 Å². The van der Waals surface area contributed by atoms with Crippen LogP contribution in [0.25, 0.3) is 0 Å². The van der Waals surface area contributed by atoms with Crippen LogP contribution >= 0.6 is 15.9 Å². The molecule has 0 radical (unpaired) electrons. The van der Waals surface area contributed by atoms with E-state index in [2.05, 4.69) is 37.8 Å². The molecule has 0 bridgehead atoms. The maximum Gasteiger partial charge on any atom is 0.225 e. The Bertz CT molecular complexity index is 281. The lowest BCUT2D eigenvalue weighted by Gasteiger charge is -2.15. The highest BCUT2D eigenvalue weighted by Crippen LogP contribution is 2.27. The van der Waals surface area contributed by atoms with Crippen LogP contribution in [0.1, 0.15) is 18.4 Å². The van der Waals surface area contributed by atoms with E-state index in [0.717, 1.165) is 16.8 Å². The first-order valence-corrected chi connectivity index (χ1v) is 5.53. The monoisotopic (exact) mass is 241 g/mol. The van der Waals surface area contributed by atoms with Gasteiger partial charge in [0.1, 0.15) is 0 Å². The van der Waals surface area contributed by atoms with E-state index in [0.29, 0.717) is 6.04 Å². The lowest BCUT2D eigenvalue weighted by atomic mass is 10.4. The predicted octanol–water partition coefficient (Wildman–Crippen LogP) is 1.97. The van der Waals surface area contributed by atoms with Crippen LogP contribution in [0.2, 0.25) is 0 Å². The van der Waals surface area contributed by atoms with E-state index in [1.165, 1.54) is 12.8 Å². The van der Waals surface area contributed by atoms with Gasteiger partial charge in [-0.15, -0.1) is 0 Å².